The van der Waals surface area contributed by atoms with Crippen molar-refractivity contribution in [3.63, 3.8) is 0 Å². The van der Waals surface area contributed by atoms with E-state index in [2.05, 4.69) is 28.1 Å². The van der Waals surface area contributed by atoms with Crippen molar-refractivity contribution >= 4 is 46.6 Å². The number of aromatic nitrogens is 3. The largest absolute Gasteiger partial charge is 0.355 e. The van der Waals surface area contributed by atoms with Gasteiger partial charge in [-0.05, 0) is 57.9 Å². The lowest BCUT2D eigenvalue weighted by molar-refractivity contribution is 0.0607. The molecule has 2 aromatic heterocycles. The number of halogens is 1. The lowest BCUT2D eigenvalue weighted by Crippen LogP contribution is -2.39. The van der Waals surface area contributed by atoms with Crippen LogP contribution in [0.1, 0.15) is 53.3 Å². The summed E-state index contributed by atoms with van der Waals surface area (Å²) in [6.45, 7) is 4.73. The van der Waals surface area contributed by atoms with E-state index in [1.165, 1.54) is 11.9 Å². The van der Waals surface area contributed by atoms with Crippen LogP contribution in [0.2, 0.25) is 5.02 Å². The monoisotopic (exact) mass is 513 g/mol. The lowest BCUT2D eigenvalue weighted by Gasteiger charge is -2.35. The normalized spacial score (nSPS) is 20.6. The molecule has 186 valence electrons. The van der Waals surface area contributed by atoms with Crippen LogP contribution < -0.4 is 14.9 Å². The highest BCUT2D eigenvalue weighted by Gasteiger charge is 2.32. The number of amides is 1. The molecule has 35 heavy (non-hydrogen) atoms. The van der Waals surface area contributed by atoms with Crippen molar-refractivity contribution in [2.24, 2.45) is 0 Å². The van der Waals surface area contributed by atoms with Crippen molar-refractivity contribution in [2.45, 2.75) is 44.7 Å². The highest BCUT2D eigenvalue weighted by atomic mass is 35.5. The van der Waals surface area contributed by atoms with Gasteiger partial charge in [-0.2, -0.15) is 5.10 Å². The van der Waals surface area contributed by atoms with Crippen LogP contribution in [-0.2, 0) is 0 Å². The fourth-order valence-corrected chi connectivity index (χ4v) is 5.79. The Balaban J connectivity index is 1.46. The topological polar surface area (TPSA) is 77.8 Å². The molecular formula is C25H32ClN7OS. The van der Waals surface area contributed by atoms with E-state index < -0.39 is 0 Å². The number of hydrogen-bond donors (Lipinski definition) is 2. The Kier molecular flexibility index (Phi) is 7.09. The molecule has 10 heteroatoms. The van der Waals surface area contributed by atoms with Gasteiger partial charge in [0, 0.05) is 54.8 Å². The molecule has 2 aliphatic heterocycles. The maximum atomic E-state index is 13.7. The van der Waals surface area contributed by atoms with Gasteiger partial charge in [0.05, 0.1) is 23.0 Å². The summed E-state index contributed by atoms with van der Waals surface area (Å²) < 4.78 is 5.08. The first kappa shape index (κ1) is 24.2. The van der Waals surface area contributed by atoms with Crippen LogP contribution in [0.25, 0.3) is 5.65 Å². The molecule has 1 aromatic carbocycles. The summed E-state index contributed by atoms with van der Waals surface area (Å²) in [6, 6.07) is 7.86. The fraction of sp³-hybridized carbons (Fsp3) is 0.480. The number of aryl methyl sites for hydroxylation is 1. The number of anilines is 2. The van der Waals surface area contributed by atoms with Crippen LogP contribution in [-0.4, -0.2) is 64.4 Å². The van der Waals surface area contributed by atoms with E-state index in [0.29, 0.717) is 23.2 Å². The molecule has 5 rings (SSSR count). The Morgan fingerprint density at radius 1 is 1.20 bits per heavy atom. The van der Waals surface area contributed by atoms with Crippen molar-refractivity contribution in [2.75, 3.05) is 42.6 Å². The van der Waals surface area contributed by atoms with Crippen LogP contribution >= 0.6 is 23.5 Å². The highest BCUT2D eigenvalue weighted by Crippen LogP contribution is 2.34. The van der Waals surface area contributed by atoms with E-state index in [-0.39, 0.29) is 11.9 Å². The molecule has 0 aliphatic carbocycles. The summed E-state index contributed by atoms with van der Waals surface area (Å²) in [5.74, 6) is 0.996. The number of piperidine rings is 1. The molecule has 0 radical (unpaired) electrons. The molecule has 2 N–H and O–H groups in total. The van der Waals surface area contributed by atoms with Crippen molar-refractivity contribution in [1.29, 1.82) is 0 Å². The minimum atomic E-state index is -0.0942. The van der Waals surface area contributed by atoms with Gasteiger partial charge in [0.15, 0.2) is 5.65 Å². The molecule has 2 unspecified atom stereocenters. The number of nitrogens with zero attached hydrogens (tertiary/aromatic N) is 5. The van der Waals surface area contributed by atoms with E-state index in [0.717, 1.165) is 67.2 Å². The predicted octanol–water partition coefficient (Wildman–Crippen LogP) is 4.55. The quantitative estimate of drug-likeness (QED) is 0.468. The Morgan fingerprint density at radius 2 is 2.06 bits per heavy atom. The molecule has 0 spiro atoms. The van der Waals surface area contributed by atoms with Gasteiger partial charge in [-0.3, -0.25) is 4.79 Å². The smallest absolute Gasteiger partial charge is 0.256 e. The zero-order valence-electron chi connectivity index (χ0n) is 20.4. The molecule has 1 amide bonds. The molecular weight excluding hydrogens is 482 g/mol. The van der Waals surface area contributed by atoms with Crippen LogP contribution in [0.5, 0.6) is 0 Å². The zero-order valence-corrected chi connectivity index (χ0v) is 22.0. The van der Waals surface area contributed by atoms with Crippen LogP contribution in [0.4, 0.5) is 11.5 Å². The Labute approximate surface area is 215 Å². The van der Waals surface area contributed by atoms with Crippen molar-refractivity contribution in [3.05, 3.63) is 52.3 Å². The van der Waals surface area contributed by atoms with E-state index in [4.69, 9.17) is 21.7 Å². The zero-order chi connectivity index (χ0) is 24.5. The van der Waals surface area contributed by atoms with Crippen molar-refractivity contribution < 1.29 is 4.79 Å². The second-order valence-electron chi connectivity index (χ2n) is 9.35. The molecule has 2 atom stereocenters. The molecule has 8 nitrogen and oxygen atoms in total. The SMILES string of the molecule is CNC1CCN(c2nc3cc(C4CCCCN4C(=O)c4cc(Cl)ccc4NSC)nn3cc2C)C1. The van der Waals surface area contributed by atoms with Gasteiger partial charge in [-0.25, -0.2) is 9.50 Å². The van der Waals surface area contributed by atoms with E-state index >= 15 is 0 Å². The number of carbonyl (C=O) groups is 1. The second-order valence-corrected chi connectivity index (χ2v) is 10.4. The van der Waals surface area contributed by atoms with Gasteiger partial charge in [-0.1, -0.05) is 23.5 Å². The third-order valence-electron chi connectivity index (χ3n) is 7.05. The third-order valence-corrected chi connectivity index (χ3v) is 7.71. The number of fused-ring (bicyclic) bond motifs is 1. The van der Waals surface area contributed by atoms with Crippen LogP contribution in [0.15, 0.2) is 30.5 Å². The first-order valence-electron chi connectivity index (χ1n) is 12.2. The number of benzene rings is 1. The first-order chi connectivity index (χ1) is 17.0. The number of likely N-dealkylation sites (tertiary alicyclic amines) is 1. The lowest BCUT2D eigenvalue weighted by atomic mass is 9.98. The summed E-state index contributed by atoms with van der Waals surface area (Å²) in [5.41, 5.74) is 4.18. The van der Waals surface area contributed by atoms with Gasteiger partial charge in [0.1, 0.15) is 5.82 Å². The highest BCUT2D eigenvalue weighted by molar-refractivity contribution is 7.99. The van der Waals surface area contributed by atoms with Crippen LogP contribution in [0.3, 0.4) is 0 Å². The van der Waals surface area contributed by atoms with Gasteiger partial charge in [0.2, 0.25) is 0 Å². The molecule has 2 fully saturated rings. The molecule has 4 heterocycles. The molecule has 2 aliphatic rings. The van der Waals surface area contributed by atoms with E-state index in [9.17, 15) is 4.79 Å². The molecule has 2 saturated heterocycles. The summed E-state index contributed by atoms with van der Waals surface area (Å²) >= 11 is 7.73. The number of carbonyl (C=O) groups excluding carboxylic acids is 1. The maximum absolute atomic E-state index is 13.7. The average molecular weight is 514 g/mol. The van der Waals surface area contributed by atoms with Gasteiger partial charge >= 0.3 is 0 Å². The van der Waals surface area contributed by atoms with Gasteiger partial charge < -0.3 is 19.8 Å². The molecule has 0 bridgehead atoms. The maximum Gasteiger partial charge on any atom is 0.256 e. The predicted molar refractivity (Wildman–Crippen MR) is 144 cm³/mol. The number of likely N-dealkylation sites (N-methyl/N-ethyl adjacent to an activating group) is 1. The summed E-state index contributed by atoms with van der Waals surface area (Å²) in [6.07, 6.45) is 8.02. The van der Waals surface area contributed by atoms with Gasteiger partial charge in [0.25, 0.3) is 5.91 Å². The minimum Gasteiger partial charge on any atom is -0.355 e. The van der Waals surface area contributed by atoms with Gasteiger partial charge in [-0.15, -0.1) is 0 Å². The number of hydrogen-bond acceptors (Lipinski definition) is 7. The average Bonchev–Trinajstić information content (AvgIpc) is 3.51. The Morgan fingerprint density at radius 3 is 2.83 bits per heavy atom. The van der Waals surface area contributed by atoms with E-state index in [1.54, 1.807) is 12.1 Å². The second kappa shape index (κ2) is 10.2. The molecule has 0 saturated carbocycles. The van der Waals surface area contributed by atoms with Crippen LogP contribution in [0, 0.1) is 6.92 Å². The first-order valence-corrected chi connectivity index (χ1v) is 13.8. The Bertz CT molecular complexity index is 1230. The van der Waals surface area contributed by atoms with Crippen molar-refractivity contribution in [3.8, 4) is 0 Å². The summed E-state index contributed by atoms with van der Waals surface area (Å²) in [5, 5.41) is 8.81. The molecule has 3 aromatic rings. The van der Waals surface area contributed by atoms with E-state index in [1.807, 2.05) is 34.9 Å². The summed E-state index contributed by atoms with van der Waals surface area (Å²) in [4.78, 5) is 23.0. The number of nitrogens with one attached hydrogen (secondary N) is 2. The fourth-order valence-electron chi connectivity index (χ4n) is 5.22. The minimum absolute atomic E-state index is 0.0224. The number of rotatable bonds is 6. The Hall–Kier alpha value is -2.49. The standard InChI is InChI=1S/C25H32ClN7OS/c1-16-14-33-23(28-24(16)31-11-9-18(15-31)27-2)13-21(29-33)22-6-4-5-10-32(22)25(34)19-12-17(26)7-8-20(19)30-35-3/h7-8,12-14,18,22,27,30H,4-6,9-11,15H2,1-3H3. The summed E-state index contributed by atoms with van der Waals surface area (Å²) in [7, 11) is 2.02. The van der Waals surface area contributed by atoms with Crippen molar-refractivity contribution in [1.82, 2.24) is 24.8 Å². The third kappa shape index (κ3) is 4.81.